The molecule has 2 N–H and O–H groups in total. The maximum Gasteiger partial charge on any atom is 0.200 e. The number of phenols is 2. The number of furan rings is 2. The van der Waals surface area contributed by atoms with Gasteiger partial charge in [-0.15, -0.1) is 0 Å². The van der Waals surface area contributed by atoms with Crippen LogP contribution in [-0.4, -0.2) is 46.1 Å². The summed E-state index contributed by atoms with van der Waals surface area (Å²) in [6.07, 6.45) is 3.70. The van der Waals surface area contributed by atoms with E-state index in [9.17, 15) is 24.6 Å². The van der Waals surface area contributed by atoms with Crippen molar-refractivity contribution in [3.8, 4) is 45.3 Å². The van der Waals surface area contributed by atoms with Crippen molar-refractivity contribution in [2.45, 2.75) is 0 Å². The molecule has 10 heteroatoms. The molecule has 0 fully saturated rings. The molecule has 0 radical (unpaired) electrons. The van der Waals surface area contributed by atoms with Gasteiger partial charge < -0.3 is 28.5 Å². The van der Waals surface area contributed by atoms with Gasteiger partial charge in [0.05, 0.1) is 17.9 Å². The molecule has 80 heavy (non-hydrogen) atoms. The van der Waals surface area contributed by atoms with Crippen LogP contribution < -0.4 is 9.47 Å². The maximum atomic E-state index is 12.3. The first-order chi connectivity index (χ1) is 39.2. The summed E-state index contributed by atoms with van der Waals surface area (Å²) in [6.45, 7) is -0.110. The molecule has 392 valence electrons. The lowest BCUT2D eigenvalue weighted by atomic mass is 9.99. The predicted octanol–water partition coefficient (Wildman–Crippen LogP) is 17.5. The van der Waals surface area contributed by atoms with Gasteiger partial charge in [0.2, 0.25) is 0 Å². The Morgan fingerprint density at radius 1 is 0.338 bits per heavy atom. The van der Waals surface area contributed by atoms with E-state index in [1.807, 2.05) is 152 Å². The Kier molecular flexibility index (Phi) is 17.0. The van der Waals surface area contributed by atoms with Crippen LogP contribution in [0.4, 0.5) is 0 Å². The summed E-state index contributed by atoms with van der Waals surface area (Å²) in [6, 6.07) is 77.8. The van der Waals surface area contributed by atoms with Gasteiger partial charge in [-0.25, -0.2) is 0 Å². The average Bonchev–Trinajstić information content (AvgIpc) is 4.29. The van der Waals surface area contributed by atoms with Crippen molar-refractivity contribution in [2.75, 3.05) is 18.5 Å². The van der Waals surface area contributed by atoms with Crippen LogP contribution in [0.25, 0.3) is 76.5 Å². The zero-order valence-corrected chi connectivity index (χ0v) is 44.7. The van der Waals surface area contributed by atoms with Crippen LogP contribution >= 0.6 is 15.9 Å². The van der Waals surface area contributed by atoms with Crippen LogP contribution in [0.5, 0.6) is 23.0 Å². The van der Waals surface area contributed by atoms with Gasteiger partial charge in [-0.3, -0.25) is 14.4 Å². The van der Waals surface area contributed by atoms with Gasteiger partial charge in [0.25, 0.3) is 0 Å². The second kappa shape index (κ2) is 25.4. The number of carbonyl (C=O) groups is 3. The summed E-state index contributed by atoms with van der Waals surface area (Å²) >= 11 is 3.10. The van der Waals surface area contributed by atoms with Gasteiger partial charge in [-0.05, 0) is 59.7 Å². The van der Waals surface area contributed by atoms with Gasteiger partial charge in [0.15, 0.2) is 30.6 Å². The standard InChI is InChI=1S/C26H20O4.C26H16O2.C10H8O2.C8H7BrO/c27-23(19-9-3-1-4-10-19)17-29-25-15-7-14-22-21(25)13-8-16-26(22)30-18-24(28)20-11-5-2-6-12-20;1-3-7-17(8-4-1)23-15-27-25-19-12-14-22-24(18-9-5-2-6-10-18)16-28-26(22)20(19)11-13-21(23)25;11-9-5-1-3-7-8(9)4-2-6-10(7)12;9-6-8(10)7-4-2-1-3-5-7/h1-16H,17-18H2;1-16H;1-6,11-12H;1-5H,6H2. The number of ketones is 3. The Morgan fingerprint density at radius 2 is 0.662 bits per heavy atom. The lowest BCUT2D eigenvalue weighted by Crippen LogP contribution is -2.12. The number of aromatic hydroxyl groups is 2. The van der Waals surface area contributed by atoms with Crippen molar-refractivity contribution in [3.63, 3.8) is 0 Å². The van der Waals surface area contributed by atoms with Crippen LogP contribution in [0, 0.1) is 0 Å². The van der Waals surface area contributed by atoms with Gasteiger partial charge in [-0.1, -0.05) is 216 Å². The smallest absolute Gasteiger partial charge is 0.200 e. The minimum atomic E-state index is -0.0894. The lowest BCUT2D eigenvalue weighted by molar-refractivity contribution is 0.0915. The van der Waals surface area contributed by atoms with Crippen molar-refractivity contribution < 1.29 is 42.9 Å². The highest BCUT2D eigenvalue weighted by molar-refractivity contribution is 9.09. The Labute approximate surface area is 469 Å². The first-order valence-electron chi connectivity index (χ1n) is 25.7. The number of hydrogen-bond acceptors (Lipinski definition) is 9. The molecule has 2 heterocycles. The molecule has 0 aliphatic carbocycles. The van der Waals surface area contributed by atoms with Crippen LogP contribution in [0.15, 0.2) is 270 Å². The molecular weight excluding hydrogens is 1060 g/mol. The second-order valence-electron chi connectivity index (χ2n) is 18.3. The molecule has 0 saturated heterocycles. The quantitative estimate of drug-likeness (QED) is 0.0905. The number of phenolic OH excluding ortho intramolecular Hbond substituents is 2. The van der Waals surface area contributed by atoms with Crippen LogP contribution in [0.2, 0.25) is 0 Å². The van der Waals surface area contributed by atoms with E-state index in [4.69, 9.17) is 18.3 Å². The van der Waals surface area contributed by atoms with E-state index in [1.165, 1.54) is 0 Å². The molecule has 2 aromatic heterocycles. The Hall–Kier alpha value is -10.0. The van der Waals surface area contributed by atoms with Gasteiger partial charge in [0, 0.05) is 70.9 Å². The molecule has 0 spiro atoms. The highest BCUT2D eigenvalue weighted by Crippen LogP contribution is 2.40. The van der Waals surface area contributed by atoms with E-state index in [0.29, 0.717) is 38.7 Å². The first kappa shape index (κ1) is 53.4. The Morgan fingerprint density at radius 3 is 1.04 bits per heavy atom. The van der Waals surface area contributed by atoms with Crippen LogP contribution in [0.1, 0.15) is 31.1 Å². The highest BCUT2D eigenvalue weighted by atomic mass is 79.9. The van der Waals surface area contributed by atoms with E-state index >= 15 is 0 Å². The molecular formula is C70H51BrO9. The average molecular weight is 1120 g/mol. The molecule has 0 aliphatic rings. The van der Waals surface area contributed by atoms with E-state index in [0.717, 1.165) is 71.3 Å². The van der Waals surface area contributed by atoms with E-state index in [-0.39, 0.29) is 42.1 Å². The molecule has 9 nitrogen and oxygen atoms in total. The van der Waals surface area contributed by atoms with Crippen molar-refractivity contribution in [1.82, 2.24) is 0 Å². The van der Waals surface area contributed by atoms with Crippen molar-refractivity contribution in [1.29, 1.82) is 0 Å². The molecule has 0 saturated carbocycles. The minimum Gasteiger partial charge on any atom is -0.507 e. The molecule has 0 unspecified atom stereocenters. The summed E-state index contributed by atoms with van der Waals surface area (Å²) < 4.78 is 23.7. The van der Waals surface area contributed by atoms with E-state index in [2.05, 4.69) is 64.5 Å². The number of ether oxygens (including phenoxy) is 2. The predicted molar refractivity (Wildman–Crippen MR) is 323 cm³/mol. The molecule has 13 aromatic rings. The number of hydrogen-bond donors (Lipinski definition) is 2. The number of halogens is 1. The summed E-state index contributed by atoms with van der Waals surface area (Å²) in [5.74, 6) is 1.53. The number of fused-ring (bicyclic) bond motifs is 7. The van der Waals surface area contributed by atoms with Gasteiger partial charge in [0.1, 0.15) is 34.2 Å². The second-order valence-corrected chi connectivity index (χ2v) is 18.9. The third-order valence-corrected chi connectivity index (χ3v) is 13.8. The molecule has 11 aromatic carbocycles. The molecule has 0 aliphatic heterocycles. The summed E-state index contributed by atoms with van der Waals surface area (Å²) in [7, 11) is 0. The topological polar surface area (TPSA) is 136 Å². The van der Waals surface area contributed by atoms with Crippen LogP contribution in [0.3, 0.4) is 0 Å². The van der Waals surface area contributed by atoms with Gasteiger partial charge >= 0.3 is 0 Å². The lowest BCUT2D eigenvalue weighted by Gasteiger charge is -2.12. The fourth-order valence-corrected chi connectivity index (χ4v) is 9.58. The Balaban J connectivity index is 0.000000132. The van der Waals surface area contributed by atoms with Crippen molar-refractivity contribution >= 4 is 87.5 Å². The maximum absolute atomic E-state index is 12.3. The summed E-state index contributed by atoms with van der Waals surface area (Å²) in [4.78, 5) is 35.7. The van der Waals surface area contributed by atoms with Gasteiger partial charge in [-0.2, -0.15) is 0 Å². The first-order valence-corrected chi connectivity index (χ1v) is 26.8. The number of Topliss-reactive ketones (excluding diaryl/α,β-unsaturated/α-hetero) is 3. The minimum absolute atomic E-state index is 0.0549. The number of alkyl halides is 1. The fourth-order valence-electron chi connectivity index (χ4n) is 9.26. The van der Waals surface area contributed by atoms with E-state index in [1.54, 1.807) is 60.7 Å². The molecule has 0 amide bonds. The SMILES string of the molecule is O=C(CBr)c1ccccc1.O=C(COc1cccc2c(OCC(=O)c3ccccc3)cccc12)c1ccccc1.Oc1cccc2c(O)cccc12.c1ccc(-c2coc3c2ccc2c3ccc3c(-c4ccccc4)coc32)cc1. The zero-order chi connectivity index (χ0) is 55.2. The third kappa shape index (κ3) is 12.2. The molecule has 0 bridgehead atoms. The largest absolute Gasteiger partial charge is 0.507 e. The molecule has 13 rings (SSSR count). The Bertz CT molecular complexity index is 3990. The summed E-state index contributed by atoms with van der Waals surface area (Å²) in [5.41, 5.74) is 8.33. The summed E-state index contributed by atoms with van der Waals surface area (Å²) in [5, 5.41) is 26.5. The number of rotatable bonds is 12. The highest BCUT2D eigenvalue weighted by Gasteiger charge is 2.17. The fraction of sp³-hybridized carbons (Fsp3) is 0.0429. The van der Waals surface area contributed by atoms with Crippen LogP contribution in [-0.2, 0) is 0 Å². The normalized spacial score (nSPS) is 10.7. The number of carbonyl (C=O) groups excluding carboxylic acids is 3. The monoisotopic (exact) mass is 1110 g/mol. The van der Waals surface area contributed by atoms with Crippen molar-refractivity contribution in [3.05, 3.63) is 278 Å². The molecule has 0 atom stereocenters. The zero-order valence-electron chi connectivity index (χ0n) is 43.1. The third-order valence-electron chi connectivity index (χ3n) is 13.3. The van der Waals surface area contributed by atoms with E-state index < -0.39 is 0 Å². The number of benzene rings is 11. The van der Waals surface area contributed by atoms with Crippen molar-refractivity contribution in [2.24, 2.45) is 0 Å².